The van der Waals surface area contributed by atoms with Gasteiger partial charge in [0.2, 0.25) is 0 Å². The summed E-state index contributed by atoms with van der Waals surface area (Å²) in [6.07, 6.45) is 16.0. The molecular weight excluding hydrogens is 914 g/mol. The molecule has 20 heteroatoms. The number of hydrogen-bond donors (Lipinski definition) is 9. The van der Waals surface area contributed by atoms with Crippen LogP contribution in [0.4, 0.5) is 0 Å². The number of carbonyl (C=O) groups excluding carboxylic acids is 2. The Bertz CT molecular complexity index is 1380. The Morgan fingerprint density at radius 2 is 0.970 bits per heavy atom. The van der Waals surface area contributed by atoms with Crippen LogP contribution in [0.5, 0.6) is 0 Å². The average Bonchev–Trinajstić information content (AvgIpc) is 3.28. The molecule has 0 aliphatic heterocycles. The third-order valence-corrected chi connectivity index (χ3v) is 13.5. The monoisotopic (exact) mass is 1000 g/mol. The fourth-order valence-corrected chi connectivity index (χ4v) is 9.47. The highest BCUT2D eigenvalue weighted by atomic mass is 31.2. The predicted molar refractivity (Wildman–Crippen MR) is 253 cm³/mol. The van der Waals surface area contributed by atoms with E-state index in [1.54, 1.807) is 0 Å². The summed E-state index contributed by atoms with van der Waals surface area (Å²) in [7, 11) is -10.7. The Kier molecular flexibility index (Phi) is 36.4. The Morgan fingerprint density at radius 1 is 0.522 bits per heavy atom. The first-order chi connectivity index (χ1) is 31.9. The molecule has 0 bridgehead atoms. The lowest BCUT2D eigenvalue weighted by Gasteiger charge is -2.43. The maximum atomic E-state index is 13.0. The summed E-state index contributed by atoms with van der Waals surface area (Å²) in [5.41, 5.74) is 0. The number of allylic oxidation sites excluding steroid dienone is 1. The van der Waals surface area contributed by atoms with E-state index >= 15 is 0 Å². The average molecular weight is 1010 g/mol. The molecule has 18 nitrogen and oxygen atoms in total. The van der Waals surface area contributed by atoms with Crippen LogP contribution in [-0.4, -0.2) is 125 Å². The van der Waals surface area contributed by atoms with Crippen molar-refractivity contribution in [2.75, 3.05) is 13.2 Å². The van der Waals surface area contributed by atoms with E-state index in [4.69, 9.17) is 18.5 Å². The molecule has 396 valence electrons. The number of carbonyl (C=O) groups is 2. The van der Waals surface area contributed by atoms with Crippen LogP contribution in [0.2, 0.25) is 0 Å². The molecule has 0 heterocycles. The van der Waals surface area contributed by atoms with Crippen molar-refractivity contribution >= 4 is 27.6 Å². The molecule has 1 rings (SSSR count). The molecule has 10 atom stereocenters. The second-order valence-corrected chi connectivity index (χ2v) is 20.8. The van der Waals surface area contributed by atoms with Gasteiger partial charge in [-0.25, -0.2) is 9.13 Å². The number of rotatable bonds is 43. The van der Waals surface area contributed by atoms with Crippen molar-refractivity contribution in [2.24, 2.45) is 0 Å². The molecule has 1 aliphatic rings. The van der Waals surface area contributed by atoms with Crippen LogP contribution in [0.25, 0.3) is 0 Å². The molecule has 0 saturated heterocycles. The minimum atomic E-state index is -5.38. The van der Waals surface area contributed by atoms with E-state index in [2.05, 4.69) is 18.4 Å². The van der Waals surface area contributed by atoms with Gasteiger partial charge in [0.1, 0.15) is 43.2 Å². The van der Waals surface area contributed by atoms with Gasteiger partial charge >= 0.3 is 27.6 Å². The highest BCUT2D eigenvalue weighted by molar-refractivity contribution is 7.47. The largest absolute Gasteiger partial charge is 0.472 e. The van der Waals surface area contributed by atoms with Crippen LogP contribution in [-0.2, 0) is 41.8 Å². The first-order valence-corrected chi connectivity index (χ1v) is 28.4. The van der Waals surface area contributed by atoms with E-state index in [0.29, 0.717) is 38.5 Å². The first-order valence-electron chi connectivity index (χ1n) is 25.4. The smallest absolute Gasteiger partial charge is 0.462 e. The normalized spacial score (nSPS) is 22.4. The van der Waals surface area contributed by atoms with Gasteiger partial charge < -0.3 is 54.8 Å². The fourth-order valence-electron chi connectivity index (χ4n) is 7.93. The lowest BCUT2D eigenvalue weighted by molar-refractivity contribution is -0.216. The number of unbranched alkanes of at least 4 members (excludes halogenated alkanes) is 23. The minimum absolute atomic E-state index is 0.0180. The van der Waals surface area contributed by atoms with E-state index < -0.39 is 95.7 Å². The molecule has 1 fully saturated rings. The van der Waals surface area contributed by atoms with Gasteiger partial charge in [-0.15, -0.1) is 0 Å². The SMILES string of the molecule is CCCCC/C=C\C[C@@H](O)[C@H](O)CCCCCCCC(=O)OC[C@H](COP(=O)(O)O[C@H]1C(O)C(O)C(O)[C@@H](OP(=O)(O)O)C1O)OC(=O)CCCCCCCCCCCCCCCCCCC. The van der Waals surface area contributed by atoms with Crippen molar-refractivity contribution in [1.29, 1.82) is 0 Å². The zero-order chi connectivity index (χ0) is 49.9. The molecular formula is C47H90O18P2. The Hall–Kier alpha value is -1.34. The third kappa shape index (κ3) is 32.3. The van der Waals surface area contributed by atoms with E-state index in [1.807, 2.05) is 12.2 Å². The number of hydrogen-bond acceptors (Lipinski definition) is 15. The first kappa shape index (κ1) is 63.7. The van der Waals surface area contributed by atoms with Gasteiger partial charge in [0, 0.05) is 12.8 Å². The predicted octanol–water partition coefficient (Wildman–Crippen LogP) is 7.90. The summed E-state index contributed by atoms with van der Waals surface area (Å²) in [4.78, 5) is 54.4. The van der Waals surface area contributed by atoms with Gasteiger partial charge in [-0.3, -0.25) is 23.2 Å². The zero-order valence-corrected chi connectivity index (χ0v) is 42.4. The highest BCUT2D eigenvalue weighted by Crippen LogP contribution is 2.49. The van der Waals surface area contributed by atoms with Gasteiger partial charge in [-0.05, 0) is 38.5 Å². The van der Waals surface area contributed by atoms with Crippen molar-refractivity contribution in [3.8, 4) is 0 Å². The van der Waals surface area contributed by atoms with E-state index in [-0.39, 0.29) is 12.8 Å². The maximum absolute atomic E-state index is 13.0. The molecule has 67 heavy (non-hydrogen) atoms. The molecule has 0 aromatic rings. The number of aliphatic hydroxyl groups excluding tert-OH is 6. The molecule has 5 unspecified atom stereocenters. The van der Waals surface area contributed by atoms with Gasteiger partial charge in [-0.2, -0.15) is 0 Å². The number of aliphatic hydroxyl groups is 6. The number of esters is 2. The third-order valence-electron chi connectivity index (χ3n) is 12.0. The second-order valence-electron chi connectivity index (χ2n) is 18.2. The maximum Gasteiger partial charge on any atom is 0.472 e. The van der Waals surface area contributed by atoms with Crippen LogP contribution in [0, 0.1) is 0 Å². The van der Waals surface area contributed by atoms with Gasteiger partial charge in [0.15, 0.2) is 6.10 Å². The molecule has 0 aromatic carbocycles. The molecule has 0 spiro atoms. The number of ether oxygens (including phenoxy) is 2. The van der Waals surface area contributed by atoms with Crippen LogP contribution in [0.1, 0.15) is 206 Å². The van der Waals surface area contributed by atoms with Crippen LogP contribution < -0.4 is 0 Å². The number of phosphoric acid groups is 2. The van der Waals surface area contributed by atoms with Crippen LogP contribution in [0.3, 0.4) is 0 Å². The molecule has 0 amide bonds. The minimum Gasteiger partial charge on any atom is -0.462 e. The highest BCUT2D eigenvalue weighted by Gasteiger charge is 2.54. The summed E-state index contributed by atoms with van der Waals surface area (Å²) in [5.74, 6) is -1.31. The van der Waals surface area contributed by atoms with E-state index in [1.165, 1.54) is 77.0 Å². The van der Waals surface area contributed by atoms with E-state index in [9.17, 15) is 64.0 Å². The standard InChI is InChI=1S/C47H90O18P2/c1-3-5-7-9-11-12-13-14-15-16-17-18-19-20-21-25-30-34-41(51)63-37(36-62-67(59,60)65-47-44(54)42(52)43(53)46(45(47)55)64-66(56,57)58)35-61-40(50)33-29-26-22-24-28-32-39(49)38(48)31-27-23-10-8-6-4-2/h23,27,37-39,42-49,52-55H,3-22,24-26,28-36H2,1-2H3,(H,59,60)(H2,56,57,58)/b27-23-/t37-,38-,39-,42?,43?,44?,45?,46-,47+/m1/s1. The van der Waals surface area contributed by atoms with Gasteiger partial charge in [0.05, 0.1) is 18.8 Å². The van der Waals surface area contributed by atoms with Crippen molar-refractivity contribution < 1.29 is 87.1 Å². The summed E-state index contributed by atoms with van der Waals surface area (Å²) < 4.78 is 49.4. The van der Waals surface area contributed by atoms with Gasteiger partial charge in [-0.1, -0.05) is 167 Å². The Morgan fingerprint density at radius 3 is 1.48 bits per heavy atom. The van der Waals surface area contributed by atoms with Crippen molar-refractivity contribution in [2.45, 2.75) is 261 Å². The fraction of sp³-hybridized carbons (Fsp3) is 0.915. The van der Waals surface area contributed by atoms with Crippen molar-refractivity contribution in [1.82, 2.24) is 0 Å². The van der Waals surface area contributed by atoms with E-state index in [0.717, 1.165) is 64.2 Å². The molecule has 9 N–H and O–H groups in total. The van der Waals surface area contributed by atoms with Crippen molar-refractivity contribution in [3.05, 3.63) is 12.2 Å². The number of phosphoric ester groups is 2. The summed E-state index contributed by atoms with van der Waals surface area (Å²) in [6, 6.07) is 0. The van der Waals surface area contributed by atoms with Crippen LogP contribution in [0.15, 0.2) is 12.2 Å². The Labute approximate surface area is 400 Å². The van der Waals surface area contributed by atoms with Gasteiger partial charge in [0.25, 0.3) is 0 Å². The zero-order valence-electron chi connectivity index (χ0n) is 40.6. The molecule has 1 aliphatic carbocycles. The summed E-state index contributed by atoms with van der Waals surface area (Å²) in [5, 5.41) is 61.8. The molecule has 1 saturated carbocycles. The molecule has 0 aromatic heterocycles. The second kappa shape index (κ2) is 38.4. The summed E-state index contributed by atoms with van der Waals surface area (Å²) >= 11 is 0. The van der Waals surface area contributed by atoms with Crippen molar-refractivity contribution in [3.63, 3.8) is 0 Å². The lowest BCUT2D eigenvalue weighted by atomic mass is 9.85. The topological polar surface area (TPSA) is 296 Å². The summed E-state index contributed by atoms with van der Waals surface area (Å²) in [6.45, 7) is 2.95. The Balaban J connectivity index is 2.59. The lowest BCUT2D eigenvalue weighted by Crippen LogP contribution is -2.64. The quantitative estimate of drug-likeness (QED) is 0.0121. The van der Waals surface area contributed by atoms with Crippen LogP contribution >= 0.6 is 15.6 Å². The molecule has 0 radical (unpaired) electrons.